The number of amides is 1. The lowest BCUT2D eigenvalue weighted by Crippen LogP contribution is -2.12. The van der Waals surface area contributed by atoms with Crippen LogP contribution in [0.25, 0.3) is 0 Å². The van der Waals surface area contributed by atoms with Gasteiger partial charge in [0.05, 0.1) is 17.3 Å². The molecule has 2 aromatic rings. The van der Waals surface area contributed by atoms with Crippen molar-refractivity contribution in [2.45, 2.75) is 4.90 Å². The molecule has 0 aromatic heterocycles. The maximum atomic E-state index is 12.4. The van der Waals surface area contributed by atoms with Crippen LogP contribution in [-0.2, 0) is 0 Å². The second kappa shape index (κ2) is 8.06. The summed E-state index contributed by atoms with van der Waals surface area (Å²) < 4.78 is 5.92. The number of carbonyl (C=O) groups excluding carboxylic acids is 1. The van der Waals surface area contributed by atoms with Gasteiger partial charge >= 0.3 is 0 Å². The second-order valence-corrected chi connectivity index (χ2v) is 6.32. The lowest BCUT2D eigenvalue weighted by molar-refractivity contribution is 0.102. The molecule has 0 radical (unpaired) electrons. The number of carbonyl (C=O) groups is 1. The zero-order valence-corrected chi connectivity index (χ0v) is 14.5. The average molecular weight is 378 g/mol. The molecule has 22 heavy (non-hydrogen) atoms. The van der Waals surface area contributed by atoms with Gasteiger partial charge in [0.2, 0.25) is 0 Å². The Labute approximate surface area is 142 Å². The number of thioether (sulfide) groups is 1. The third-order valence-electron chi connectivity index (χ3n) is 2.91. The molecule has 114 valence electrons. The lowest BCUT2D eigenvalue weighted by atomic mass is 10.2. The Morgan fingerprint density at radius 2 is 2.14 bits per heavy atom. The summed E-state index contributed by atoms with van der Waals surface area (Å²) in [6, 6.07) is 13.0. The molecule has 2 rings (SSSR count). The van der Waals surface area contributed by atoms with Crippen LogP contribution in [0.1, 0.15) is 10.4 Å². The van der Waals surface area contributed by atoms with Crippen LogP contribution >= 0.6 is 27.7 Å². The summed E-state index contributed by atoms with van der Waals surface area (Å²) in [6.07, 6.45) is 1.84. The quantitative estimate of drug-likeness (QED) is 0.569. The number of para-hydroxylation sites is 1. The molecule has 0 heterocycles. The lowest BCUT2D eigenvalue weighted by Gasteiger charge is -2.11. The zero-order valence-electron chi connectivity index (χ0n) is 12.1. The topological polar surface area (TPSA) is 38.3 Å². The van der Waals surface area contributed by atoms with Crippen LogP contribution in [-0.4, -0.2) is 18.8 Å². The summed E-state index contributed by atoms with van der Waals surface area (Å²) in [6.45, 7) is 3.71. The van der Waals surface area contributed by atoms with Crippen molar-refractivity contribution in [1.82, 2.24) is 0 Å². The van der Waals surface area contributed by atoms with Crippen molar-refractivity contribution in [2.24, 2.45) is 0 Å². The Kier molecular flexibility index (Phi) is 6.10. The molecule has 0 aliphatic heterocycles. The summed E-state index contributed by atoms with van der Waals surface area (Å²) in [5, 5.41) is 2.94. The number of methoxy groups -OCH3 is 1. The minimum atomic E-state index is -0.157. The molecule has 1 N–H and O–H groups in total. The maximum absolute atomic E-state index is 12.4. The normalized spacial score (nSPS) is 10.1. The van der Waals surface area contributed by atoms with E-state index in [1.54, 1.807) is 37.1 Å². The van der Waals surface area contributed by atoms with E-state index in [2.05, 4.69) is 27.8 Å². The Hall–Kier alpha value is -1.72. The molecule has 0 aliphatic rings. The number of halogens is 1. The molecule has 5 heteroatoms. The van der Waals surface area contributed by atoms with Gasteiger partial charge in [-0.3, -0.25) is 4.79 Å². The number of ether oxygens (including phenoxy) is 1. The maximum Gasteiger partial charge on any atom is 0.255 e. The second-order valence-electron chi connectivity index (χ2n) is 4.40. The van der Waals surface area contributed by atoms with Crippen molar-refractivity contribution in [2.75, 3.05) is 18.2 Å². The SMILES string of the molecule is C=CCSc1ccccc1NC(=O)c1ccc(OC)c(Br)c1. The Morgan fingerprint density at radius 1 is 1.36 bits per heavy atom. The molecule has 2 aromatic carbocycles. The molecule has 0 saturated carbocycles. The van der Waals surface area contributed by atoms with Crippen LogP contribution in [0.2, 0.25) is 0 Å². The first-order valence-electron chi connectivity index (χ1n) is 6.63. The minimum Gasteiger partial charge on any atom is -0.496 e. The third kappa shape index (κ3) is 4.15. The van der Waals surface area contributed by atoms with Gasteiger partial charge in [-0.1, -0.05) is 18.2 Å². The average Bonchev–Trinajstić information content (AvgIpc) is 2.54. The molecule has 0 fully saturated rings. The first-order valence-corrected chi connectivity index (χ1v) is 8.41. The molecule has 0 bridgehead atoms. The Morgan fingerprint density at radius 3 is 2.82 bits per heavy atom. The van der Waals surface area contributed by atoms with E-state index in [4.69, 9.17) is 4.74 Å². The van der Waals surface area contributed by atoms with Crippen LogP contribution in [0.5, 0.6) is 5.75 Å². The fourth-order valence-corrected chi connectivity index (χ4v) is 3.13. The fraction of sp³-hybridized carbons (Fsp3) is 0.118. The van der Waals surface area contributed by atoms with E-state index < -0.39 is 0 Å². The van der Waals surface area contributed by atoms with Crippen LogP contribution in [0, 0.1) is 0 Å². The molecule has 1 amide bonds. The van der Waals surface area contributed by atoms with E-state index in [0.29, 0.717) is 11.3 Å². The van der Waals surface area contributed by atoms with Gasteiger partial charge in [-0.05, 0) is 46.3 Å². The first-order chi connectivity index (χ1) is 10.7. The zero-order chi connectivity index (χ0) is 15.9. The van der Waals surface area contributed by atoms with Gasteiger partial charge in [0.1, 0.15) is 5.75 Å². The van der Waals surface area contributed by atoms with Crippen LogP contribution in [0.4, 0.5) is 5.69 Å². The summed E-state index contributed by atoms with van der Waals surface area (Å²) in [5.41, 5.74) is 1.36. The molecule has 0 atom stereocenters. The van der Waals surface area contributed by atoms with E-state index >= 15 is 0 Å². The smallest absolute Gasteiger partial charge is 0.255 e. The number of rotatable bonds is 6. The van der Waals surface area contributed by atoms with Gasteiger partial charge in [-0.15, -0.1) is 18.3 Å². The van der Waals surface area contributed by atoms with Crippen LogP contribution in [0.3, 0.4) is 0 Å². The largest absolute Gasteiger partial charge is 0.496 e. The highest BCUT2D eigenvalue weighted by Crippen LogP contribution is 2.29. The summed E-state index contributed by atoms with van der Waals surface area (Å²) in [7, 11) is 1.59. The Bertz CT molecular complexity index is 688. The predicted molar refractivity (Wildman–Crippen MR) is 96.0 cm³/mol. The van der Waals surface area contributed by atoms with Gasteiger partial charge in [-0.2, -0.15) is 0 Å². The minimum absolute atomic E-state index is 0.157. The summed E-state index contributed by atoms with van der Waals surface area (Å²) in [5.74, 6) is 1.33. The van der Waals surface area contributed by atoms with Crippen LogP contribution in [0.15, 0.2) is 64.5 Å². The van der Waals surface area contributed by atoms with E-state index in [0.717, 1.165) is 20.8 Å². The third-order valence-corrected chi connectivity index (χ3v) is 4.60. The van der Waals surface area contributed by atoms with E-state index in [1.807, 2.05) is 30.3 Å². The number of hydrogen-bond acceptors (Lipinski definition) is 3. The van der Waals surface area contributed by atoms with Gasteiger partial charge < -0.3 is 10.1 Å². The van der Waals surface area contributed by atoms with Gasteiger partial charge in [-0.25, -0.2) is 0 Å². The molecule has 0 spiro atoms. The molecule has 0 saturated heterocycles. The summed E-state index contributed by atoms with van der Waals surface area (Å²) in [4.78, 5) is 13.4. The molecule has 0 aliphatic carbocycles. The van der Waals surface area contributed by atoms with Crippen molar-refractivity contribution in [3.8, 4) is 5.75 Å². The molecular formula is C17H16BrNO2S. The number of benzene rings is 2. The van der Waals surface area contributed by atoms with Crippen molar-refractivity contribution in [3.63, 3.8) is 0 Å². The van der Waals surface area contributed by atoms with Gasteiger partial charge in [0.25, 0.3) is 5.91 Å². The van der Waals surface area contributed by atoms with E-state index in [1.165, 1.54) is 0 Å². The highest BCUT2D eigenvalue weighted by Gasteiger charge is 2.11. The van der Waals surface area contributed by atoms with Crippen LogP contribution < -0.4 is 10.1 Å². The number of hydrogen-bond donors (Lipinski definition) is 1. The monoisotopic (exact) mass is 377 g/mol. The molecular weight excluding hydrogens is 362 g/mol. The number of anilines is 1. The highest BCUT2D eigenvalue weighted by atomic mass is 79.9. The Balaban J connectivity index is 2.18. The fourth-order valence-electron chi connectivity index (χ4n) is 1.85. The summed E-state index contributed by atoms with van der Waals surface area (Å²) >= 11 is 5.02. The predicted octanol–water partition coefficient (Wildman–Crippen LogP) is 4.99. The molecule has 3 nitrogen and oxygen atoms in total. The van der Waals surface area contributed by atoms with E-state index in [9.17, 15) is 4.79 Å². The van der Waals surface area contributed by atoms with Crippen molar-refractivity contribution < 1.29 is 9.53 Å². The van der Waals surface area contributed by atoms with Gasteiger partial charge in [0.15, 0.2) is 0 Å². The standard InChI is InChI=1S/C17H16BrNO2S/c1-3-10-22-16-7-5-4-6-14(16)19-17(20)12-8-9-15(21-2)13(18)11-12/h3-9,11H,1,10H2,2H3,(H,19,20). The number of nitrogens with one attached hydrogen (secondary N) is 1. The molecule has 0 unspecified atom stereocenters. The van der Waals surface area contributed by atoms with Crippen molar-refractivity contribution in [3.05, 3.63) is 65.2 Å². The van der Waals surface area contributed by atoms with Gasteiger partial charge in [0, 0.05) is 16.2 Å². The highest BCUT2D eigenvalue weighted by molar-refractivity contribution is 9.10. The van der Waals surface area contributed by atoms with E-state index in [-0.39, 0.29) is 5.91 Å². The van der Waals surface area contributed by atoms with Crippen molar-refractivity contribution in [1.29, 1.82) is 0 Å². The first kappa shape index (κ1) is 16.6. The van der Waals surface area contributed by atoms with Crippen molar-refractivity contribution >= 4 is 39.3 Å².